The first-order chi connectivity index (χ1) is 15.9. The Labute approximate surface area is 201 Å². The lowest BCUT2D eigenvalue weighted by atomic mass is 9.62. The van der Waals surface area contributed by atoms with E-state index in [0.717, 1.165) is 17.0 Å². The maximum Gasteiger partial charge on any atom is 0.349 e. The average molecular weight is 481 g/mol. The summed E-state index contributed by atoms with van der Waals surface area (Å²) >= 11 is 5.71. The minimum Gasteiger partial charge on any atom is -0.346 e. The summed E-state index contributed by atoms with van der Waals surface area (Å²) in [5.74, 6) is -8.37. The van der Waals surface area contributed by atoms with E-state index < -0.39 is 46.4 Å². The van der Waals surface area contributed by atoms with E-state index in [2.05, 4.69) is 10.6 Å². The number of hydrogen-bond donors (Lipinski definition) is 2. The maximum absolute atomic E-state index is 14.5. The van der Waals surface area contributed by atoms with E-state index >= 15 is 0 Å². The van der Waals surface area contributed by atoms with Crippen LogP contribution in [0.2, 0.25) is 10.8 Å². The number of piperidine rings is 1. The van der Waals surface area contributed by atoms with Gasteiger partial charge in [-0.15, -0.1) is 0 Å². The highest BCUT2D eigenvalue weighted by atomic mass is 35.5. The molecule has 1 saturated heterocycles. The van der Waals surface area contributed by atoms with Crippen LogP contribution < -0.4 is 10.6 Å². The summed E-state index contributed by atoms with van der Waals surface area (Å²) in [6, 6.07) is 9.19. The highest BCUT2D eigenvalue weighted by Crippen LogP contribution is 2.35. The Morgan fingerprint density at radius 1 is 1.21 bits per heavy atom. The van der Waals surface area contributed by atoms with Crippen molar-refractivity contribution in [2.45, 2.75) is 36.7 Å². The van der Waals surface area contributed by atoms with Crippen LogP contribution in [0.4, 0.5) is 8.78 Å². The van der Waals surface area contributed by atoms with Crippen molar-refractivity contribution >= 4 is 50.9 Å². The van der Waals surface area contributed by atoms with Crippen molar-refractivity contribution in [1.82, 2.24) is 15.5 Å². The number of alkyl halides is 2. The van der Waals surface area contributed by atoms with Gasteiger partial charge in [0.25, 0.3) is 11.8 Å². The molecular formula is C22H16B2ClF2N3O4. The van der Waals surface area contributed by atoms with Crippen LogP contribution in [-0.4, -0.2) is 49.7 Å². The van der Waals surface area contributed by atoms with Gasteiger partial charge in [-0.1, -0.05) is 35.9 Å². The molecule has 7 nitrogen and oxygen atoms in total. The summed E-state index contributed by atoms with van der Waals surface area (Å²) in [5, 5.41) is 4.53. The fourth-order valence-electron chi connectivity index (χ4n) is 3.96. The molecule has 34 heavy (non-hydrogen) atoms. The standard InChI is InChI=1S/C22H16B2ClF2N3O4/c23-16-8-21(24,19(33)29-17(16)31)30-10-12-7-11(1-6-15(12)18(30)32)9-28-20(34)22(26,27)13-2-4-14(25)5-3-13/h1-7,16H,8-10H2,(H,28,34)(H,29,31,33)/t16?,21-/m1/s1. The van der Waals surface area contributed by atoms with Crippen LogP contribution >= 0.6 is 11.6 Å². The van der Waals surface area contributed by atoms with E-state index in [-0.39, 0.29) is 30.1 Å². The normalized spacial score (nSPS) is 22.4. The Hall–Kier alpha value is -3.20. The lowest BCUT2D eigenvalue weighted by molar-refractivity contribution is -0.147. The molecule has 2 heterocycles. The van der Waals surface area contributed by atoms with Gasteiger partial charge in [-0.05, 0) is 35.7 Å². The third kappa shape index (κ3) is 4.09. The van der Waals surface area contributed by atoms with Crippen molar-refractivity contribution in [2.75, 3.05) is 0 Å². The number of carbonyl (C=O) groups is 4. The van der Waals surface area contributed by atoms with Crippen LogP contribution in [0.25, 0.3) is 0 Å². The predicted octanol–water partition coefficient (Wildman–Crippen LogP) is 1.57. The molecule has 1 fully saturated rings. The molecule has 2 aliphatic rings. The molecule has 0 bridgehead atoms. The number of amides is 4. The molecule has 2 aliphatic heterocycles. The van der Waals surface area contributed by atoms with E-state index in [0.29, 0.717) is 11.1 Å². The number of benzene rings is 2. The van der Waals surface area contributed by atoms with Gasteiger partial charge >= 0.3 is 5.92 Å². The summed E-state index contributed by atoms with van der Waals surface area (Å²) in [5.41, 5.74) is -1.10. The van der Waals surface area contributed by atoms with Gasteiger partial charge in [0.05, 0.1) is 13.3 Å². The smallest absolute Gasteiger partial charge is 0.346 e. The Kier molecular flexibility index (Phi) is 6.01. The maximum atomic E-state index is 14.5. The molecule has 4 radical (unpaired) electrons. The molecule has 0 spiro atoms. The summed E-state index contributed by atoms with van der Waals surface area (Å²) < 4.78 is 28.9. The molecule has 0 aliphatic carbocycles. The van der Waals surface area contributed by atoms with Gasteiger partial charge in [-0.25, -0.2) is 0 Å². The predicted molar refractivity (Wildman–Crippen MR) is 119 cm³/mol. The van der Waals surface area contributed by atoms with Crippen LogP contribution in [0.3, 0.4) is 0 Å². The number of halogens is 3. The number of carbonyl (C=O) groups excluding carboxylic acids is 4. The zero-order valence-electron chi connectivity index (χ0n) is 17.6. The Balaban J connectivity index is 1.47. The van der Waals surface area contributed by atoms with E-state index in [9.17, 15) is 28.0 Å². The molecule has 12 heteroatoms. The molecule has 2 atom stereocenters. The van der Waals surface area contributed by atoms with E-state index in [1.165, 1.54) is 24.3 Å². The Morgan fingerprint density at radius 3 is 2.56 bits per heavy atom. The number of fused-ring (bicyclic) bond motifs is 1. The molecule has 170 valence electrons. The van der Waals surface area contributed by atoms with Crippen LogP contribution in [0.5, 0.6) is 0 Å². The highest BCUT2D eigenvalue weighted by Gasteiger charge is 2.49. The molecular weight excluding hydrogens is 465 g/mol. The lowest BCUT2D eigenvalue weighted by Gasteiger charge is -2.42. The first-order valence-corrected chi connectivity index (χ1v) is 10.6. The van der Waals surface area contributed by atoms with Crippen LogP contribution in [-0.2, 0) is 33.4 Å². The average Bonchev–Trinajstić information content (AvgIpc) is 3.13. The fraction of sp³-hybridized carbons (Fsp3) is 0.273. The highest BCUT2D eigenvalue weighted by molar-refractivity contribution is 6.36. The van der Waals surface area contributed by atoms with Gasteiger partial charge in [0.2, 0.25) is 11.8 Å². The lowest BCUT2D eigenvalue weighted by Crippen LogP contribution is -2.64. The van der Waals surface area contributed by atoms with Gasteiger partial charge < -0.3 is 10.2 Å². The number of nitrogens with one attached hydrogen (secondary N) is 2. The molecule has 2 aromatic carbocycles. The fourth-order valence-corrected chi connectivity index (χ4v) is 4.08. The zero-order valence-corrected chi connectivity index (χ0v) is 18.4. The van der Waals surface area contributed by atoms with E-state index in [1.54, 1.807) is 6.07 Å². The number of hydrogen-bond acceptors (Lipinski definition) is 4. The molecule has 0 saturated carbocycles. The first kappa shape index (κ1) is 23.9. The van der Waals surface area contributed by atoms with Gasteiger partial charge in [0, 0.05) is 35.1 Å². The minimum absolute atomic E-state index is 0.0539. The van der Waals surface area contributed by atoms with Gasteiger partial charge in [0.15, 0.2) is 0 Å². The molecule has 0 aromatic heterocycles. The summed E-state index contributed by atoms with van der Waals surface area (Å²) in [4.78, 5) is 50.2. The number of nitrogens with zero attached hydrogens (tertiary/aromatic N) is 1. The first-order valence-electron chi connectivity index (χ1n) is 10.2. The van der Waals surface area contributed by atoms with Crippen LogP contribution in [0.15, 0.2) is 42.5 Å². The summed E-state index contributed by atoms with van der Waals surface area (Å²) in [6.07, 6.45) is -0.250. The van der Waals surface area contributed by atoms with Gasteiger partial charge in [-0.3, -0.25) is 24.5 Å². The largest absolute Gasteiger partial charge is 0.349 e. The second-order valence-corrected chi connectivity index (χ2v) is 8.64. The van der Waals surface area contributed by atoms with Crippen molar-refractivity contribution in [3.8, 4) is 0 Å². The Morgan fingerprint density at radius 2 is 1.88 bits per heavy atom. The second kappa shape index (κ2) is 8.54. The van der Waals surface area contributed by atoms with Crippen molar-refractivity contribution in [3.63, 3.8) is 0 Å². The number of imide groups is 1. The molecule has 1 unspecified atom stereocenters. The third-order valence-electron chi connectivity index (χ3n) is 5.90. The van der Waals surface area contributed by atoms with Crippen molar-refractivity contribution < 1.29 is 28.0 Å². The van der Waals surface area contributed by atoms with E-state index in [4.69, 9.17) is 27.3 Å². The molecule has 2 aromatic rings. The quantitative estimate of drug-likeness (QED) is 0.501. The third-order valence-corrected chi connectivity index (χ3v) is 6.15. The van der Waals surface area contributed by atoms with Crippen molar-refractivity contribution in [1.29, 1.82) is 0 Å². The SMILES string of the molecule is [B]C1C[C@@]([B])(N2Cc3cc(CNC(=O)C(F)(F)c4ccc(Cl)cc4)ccc3C2=O)C(=O)NC1=O. The van der Waals surface area contributed by atoms with Crippen molar-refractivity contribution in [2.24, 2.45) is 0 Å². The minimum atomic E-state index is -3.77. The molecule has 2 N–H and O–H groups in total. The number of rotatable bonds is 5. The topological polar surface area (TPSA) is 95.6 Å². The molecule has 4 amide bonds. The monoisotopic (exact) mass is 481 g/mol. The van der Waals surface area contributed by atoms with Gasteiger partial charge in [-0.2, -0.15) is 8.78 Å². The van der Waals surface area contributed by atoms with Crippen molar-refractivity contribution in [3.05, 3.63) is 69.7 Å². The Bertz CT molecular complexity index is 1210. The van der Waals surface area contributed by atoms with Crippen LogP contribution in [0, 0.1) is 0 Å². The van der Waals surface area contributed by atoms with Crippen LogP contribution in [0.1, 0.15) is 33.5 Å². The van der Waals surface area contributed by atoms with Gasteiger partial charge in [0.1, 0.15) is 7.85 Å². The summed E-state index contributed by atoms with van der Waals surface area (Å²) in [6.45, 7) is -0.279. The molecule has 4 rings (SSSR count). The zero-order chi connectivity index (χ0) is 24.8. The second-order valence-electron chi connectivity index (χ2n) is 8.20. The van der Waals surface area contributed by atoms with E-state index in [1.807, 2.05) is 0 Å². The summed E-state index contributed by atoms with van der Waals surface area (Å²) in [7, 11) is 11.9.